The second kappa shape index (κ2) is 10.9. The van der Waals surface area contributed by atoms with Crippen LogP contribution in [0.4, 0.5) is 5.69 Å². The fourth-order valence-corrected chi connectivity index (χ4v) is 6.04. The molecule has 6 heteroatoms. The summed E-state index contributed by atoms with van der Waals surface area (Å²) in [7, 11) is 3.24. The van der Waals surface area contributed by atoms with Crippen molar-refractivity contribution in [3.05, 3.63) is 89.5 Å². The summed E-state index contributed by atoms with van der Waals surface area (Å²) in [6.45, 7) is 4.50. The standard InChI is InChI=1S/C32H36N2O4/c1-20-8-7-11-28(21(20)2)33-31(35)29-26-9-5-6-10-27(26)32(36)34(23-14-18-25(38-4)19-15-23)30(29)22-12-16-24(37-3)17-13-22/h5-6,9-10,12-21,28-30H,7-8,11H2,1-4H3,(H,33,35)/t20-,21+,28+,29+,30+/m0/s1. The van der Waals surface area contributed by atoms with Crippen LogP contribution in [0.15, 0.2) is 72.8 Å². The SMILES string of the molecule is COc1ccc([C@@H]2[C@H](C(=O)N[C@@H]3CCC[C@H](C)[C@H]3C)c3ccccc3C(=O)N2c2ccc(OC)cc2)cc1. The van der Waals surface area contributed by atoms with Crippen LogP contribution in [0.5, 0.6) is 11.5 Å². The molecule has 0 spiro atoms. The molecule has 198 valence electrons. The van der Waals surface area contributed by atoms with Crippen molar-refractivity contribution in [2.45, 2.75) is 51.1 Å². The zero-order valence-electron chi connectivity index (χ0n) is 22.5. The minimum atomic E-state index is -0.580. The number of ether oxygens (including phenoxy) is 2. The van der Waals surface area contributed by atoms with E-state index in [-0.39, 0.29) is 17.9 Å². The third-order valence-corrected chi connectivity index (χ3v) is 8.46. The molecule has 1 N–H and O–H groups in total. The van der Waals surface area contributed by atoms with Crippen LogP contribution in [0.2, 0.25) is 0 Å². The molecule has 0 aromatic heterocycles. The van der Waals surface area contributed by atoms with Gasteiger partial charge in [-0.2, -0.15) is 0 Å². The van der Waals surface area contributed by atoms with Gasteiger partial charge in [0.15, 0.2) is 0 Å². The summed E-state index contributed by atoms with van der Waals surface area (Å²) in [5.74, 6) is 1.62. The zero-order chi connectivity index (χ0) is 26.8. The maximum absolute atomic E-state index is 14.3. The van der Waals surface area contributed by atoms with Gasteiger partial charge in [-0.3, -0.25) is 14.5 Å². The number of carbonyl (C=O) groups excluding carboxylic acids is 2. The van der Waals surface area contributed by atoms with Crippen LogP contribution in [0.3, 0.4) is 0 Å². The monoisotopic (exact) mass is 512 g/mol. The van der Waals surface area contributed by atoms with Gasteiger partial charge in [0.05, 0.1) is 26.2 Å². The number of benzene rings is 3. The van der Waals surface area contributed by atoms with E-state index in [1.807, 2.05) is 72.8 Å². The van der Waals surface area contributed by atoms with Gasteiger partial charge in [0.1, 0.15) is 11.5 Å². The first-order valence-electron chi connectivity index (χ1n) is 13.4. The third-order valence-electron chi connectivity index (χ3n) is 8.46. The van der Waals surface area contributed by atoms with E-state index in [1.165, 1.54) is 6.42 Å². The predicted molar refractivity (Wildman–Crippen MR) is 149 cm³/mol. The summed E-state index contributed by atoms with van der Waals surface area (Å²) >= 11 is 0. The second-order valence-corrected chi connectivity index (χ2v) is 10.5. The minimum Gasteiger partial charge on any atom is -0.497 e. The van der Waals surface area contributed by atoms with Crippen LogP contribution >= 0.6 is 0 Å². The molecule has 5 rings (SSSR count). The molecule has 1 aliphatic carbocycles. The first kappa shape index (κ1) is 25.8. The lowest BCUT2D eigenvalue weighted by Crippen LogP contribution is -2.51. The van der Waals surface area contributed by atoms with E-state index in [0.717, 1.165) is 29.7 Å². The number of nitrogens with zero attached hydrogens (tertiary/aromatic N) is 1. The lowest BCUT2D eigenvalue weighted by Gasteiger charge is -2.43. The first-order valence-corrected chi connectivity index (χ1v) is 13.4. The van der Waals surface area contributed by atoms with Gasteiger partial charge in [0.25, 0.3) is 5.91 Å². The fourth-order valence-electron chi connectivity index (χ4n) is 6.04. The molecule has 3 aromatic rings. The normalized spacial score (nSPS) is 24.9. The summed E-state index contributed by atoms with van der Waals surface area (Å²) in [4.78, 5) is 30.1. The number of fused-ring (bicyclic) bond motifs is 1. The lowest BCUT2D eigenvalue weighted by molar-refractivity contribution is -0.124. The van der Waals surface area contributed by atoms with E-state index in [4.69, 9.17) is 9.47 Å². The summed E-state index contributed by atoms with van der Waals surface area (Å²) in [6.07, 6.45) is 3.27. The van der Waals surface area contributed by atoms with E-state index in [1.54, 1.807) is 19.1 Å². The van der Waals surface area contributed by atoms with Crippen molar-refractivity contribution < 1.29 is 19.1 Å². The Bertz CT molecular complexity index is 1290. The Kier molecular flexibility index (Phi) is 7.41. The summed E-state index contributed by atoms with van der Waals surface area (Å²) in [5, 5.41) is 3.42. The molecule has 6 nitrogen and oxygen atoms in total. The van der Waals surface area contributed by atoms with Crippen LogP contribution in [0.1, 0.15) is 66.6 Å². The van der Waals surface area contributed by atoms with Crippen molar-refractivity contribution in [3.8, 4) is 11.5 Å². The molecule has 0 saturated heterocycles. The van der Waals surface area contributed by atoms with Crippen LogP contribution in [-0.4, -0.2) is 32.1 Å². The molecule has 2 amide bonds. The fraction of sp³-hybridized carbons (Fsp3) is 0.375. The van der Waals surface area contributed by atoms with Gasteiger partial charge >= 0.3 is 0 Å². The van der Waals surface area contributed by atoms with E-state index in [0.29, 0.717) is 28.8 Å². The number of nitrogens with one attached hydrogen (secondary N) is 1. The number of amides is 2. The third kappa shape index (κ3) is 4.75. The highest BCUT2D eigenvalue weighted by Crippen LogP contribution is 2.46. The first-order chi connectivity index (χ1) is 18.4. The highest BCUT2D eigenvalue weighted by atomic mass is 16.5. The minimum absolute atomic E-state index is 0.0461. The predicted octanol–water partition coefficient (Wildman–Crippen LogP) is 6.13. The smallest absolute Gasteiger partial charge is 0.259 e. The molecule has 1 fully saturated rings. The molecule has 1 aliphatic heterocycles. The molecule has 38 heavy (non-hydrogen) atoms. The average Bonchev–Trinajstić information content (AvgIpc) is 2.95. The van der Waals surface area contributed by atoms with Crippen molar-refractivity contribution in [1.29, 1.82) is 0 Å². The molecule has 0 radical (unpaired) electrons. The van der Waals surface area contributed by atoms with Gasteiger partial charge in [-0.05, 0) is 71.8 Å². The molecule has 0 unspecified atom stereocenters. The molecule has 1 heterocycles. The zero-order valence-corrected chi connectivity index (χ0v) is 22.5. The van der Waals surface area contributed by atoms with E-state index < -0.39 is 12.0 Å². The summed E-state index contributed by atoms with van der Waals surface area (Å²) in [5.41, 5.74) is 2.90. The number of hydrogen-bond donors (Lipinski definition) is 1. The van der Waals surface area contributed by atoms with Crippen LogP contribution < -0.4 is 19.7 Å². The van der Waals surface area contributed by atoms with Gasteiger partial charge in [0.2, 0.25) is 5.91 Å². The highest BCUT2D eigenvalue weighted by molar-refractivity contribution is 6.11. The molecular weight excluding hydrogens is 476 g/mol. The Morgan fingerprint density at radius 3 is 2.16 bits per heavy atom. The van der Waals surface area contributed by atoms with Gasteiger partial charge in [0, 0.05) is 17.3 Å². The van der Waals surface area contributed by atoms with Gasteiger partial charge in [-0.1, -0.05) is 57.0 Å². The number of hydrogen-bond acceptors (Lipinski definition) is 4. The van der Waals surface area contributed by atoms with Crippen molar-refractivity contribution in [1.82, 2.24) is 5.32 Å². The molecule has 0 bridgehead atoms. The Balaban J connectivity index is 1.64. The van der Waals surface area contributed by atoms with Crippen LogP contribution in [0, 0.1) is 11.8 Å². The van der Waals surface area contributed by atoms with Gasteiger partial charge in [-0.15, -0.1) is 0 Å². The van der Waals surface area contributed by atoms with E-state index in [9.17, 15) is 9.59 Å². The second-order valence-electron chi connectivity index (χ2n) is 10.5. The van der Waals surface area contributed by atoms with Crippen molar-refractivity contribution in [2.24, 2.45) is 11.8 Å². The Labute approximate surface area is 225 Å². The molecule has 3 aromatic carbocycles. The molecule has 5 atom stereocenters. The van der Waals surface area contributed by atoms with Crippen LogP contribution in [-0.2, 0) is 4.79 Å². The van der Waals surface area contributed by atoms with Gasteiger partial charge < -0.3 is 14.8 Å². The quantitative estimate of drug-likeness (QED) is 0.431. The number of rotatable bonds is 6. The molecular formula is C32H36N2O4. The van der Waals surface area contributed by atoms with Crippen molar-refractivity contribution in [3.63, 3.8) is 0 Å². The van der Waals surface area contributed by atoms with E-state index >= 15 is 0 Å². The number of methoxy groups -OCH3 is 2. The largest absolute Gasteiger partial charge is 0.497 e. The maximum atomic E-state index is 14.3. The lowest BCUT2D eigenvalue weighted by atomic mass is 9.76. The van der Waals surface area contributed by atoms with E-state index in [2.05, 4.69) is 19.2 Å². The molecule has 2 aliphatic rings. The maximum Gasteiger partial charge on any atom is 0.259 e. The highest BCUT2D eigenvalue weighted by Gasteiger charge is 2.45. The van der Waals surface area contributed by atoms with Crippen LogP contribution in [0.25, 0.3) is 0 Å². The topological polar surface area (TPSA) is 67.9 Å². The number of anilines is 1. The van der Waals surface area contributed by atoms with Crippen molar-refractivity contribution >= 4 is 17.5 Å². The average molecular weight is 513 g/mol. The number of carbonyl (C=O) groups is 2. The summed E-state index contributed by atoms with van der Waals surface area (Å²) < 4.78 is 10.8. The molecule has 1 saturated carbocycles. The van der Waals surface area contributed by atoms with Crippen molar-refractivity contribution in [2.75, 3.05) is 19.1 Å². The Morgan fingerprint density at radius 2 is 1.50 bits per heavy atom. The Morgan fingerprint density at radius 1 is 0.868 bits per heavy atom. The summed E-state index contributed by atoms with van der Waals surface area (Å²) in [6, 6.07) is 22.2. The van der Waals surface area contributed by atoms with Gasteiger partial charge in [-0.25, -0.2) is 0 Å². The Hall–Kier alpha value is -3.80.